The molecule has 27 heavy (non-hydrogen) atoms. The Morgan fingerprint density at radius 1 is 0.963 bits per heavy atom. The maximum atomic E-state index is 4.72. The van der Waals surface area contributed by atoms with Crippen LogP contribution < -0.4 is 0 Å². The first kappa shape index (κ1) is 15.6. The van der Waals surface area contributed by atoms with E-state index in [4.69, 9.17) is 4.98 Å². The van der Waals surface area contributed by atoms with Gasteiger partial charge in [-0.3, -0.25) is 0 Å². The third-order valence-corrected chi connectivity index (χ3v) is 4.64. The van der Waals surface area contributed by atoms with Crippen LogP contribution >= 0.6 is 0 Å². The van der Waals surface area contributed by atoms with Crippen molar-refractivity contribution in [2.24, 2.45) is 0 Å². The highest BCUT2D eigenvalue weighted by atomic mass is 15.3. The molecule has 0 aliphatic rings. The molecule has 5 aromatic heterocycles. The van der Waals surface area contributed by atoms with Crippen LogP contribution in [0.3, 0.4) is 0 Å². The third kappa shape index (κ3) is 2.55. The Balaban J connectivity index is 1.68. The van der Waals surface area contributed by atoms with Crippen molar-refractivity contribution in [2.75, 3.05) is 0 Å². The van der Waals surface area contributed by atoms with E-state index in [1.807, 2.05) is 65.1 Å². The Morgan fingerprint density at radius 3 is 2.74 bits per heavy atom. The summed E-state index contributed by atoms with van der Waals surface area (Å²) in [6, 6.07) is 9.93. The highest BCUT2D eigenvalue weighted by Gasteiger charge is 2.13. The topological polar surface area (TPSA) is 73.8 Å². The average molecular weight is 355 g/mol. The zero-order valence-electron chi connectivity index (χ0n) is 15.0. The van der Waals surface area contributed by atoms with E-state index in [2.05, 4.69) is 27.0 Å². The van der Waals surface area contributed by atoms with E-state index in [0.29, 0.717) is 5.65 Å². The zero-order chi connectivity index (χ0) is 18.4. The van der Waals surface area contributed by atoms with E-state index in [9.17, 15) is 0 Å². The number of nitrogens with zero attached hydrogens (tertiary/aromatic N) is 7. The lowest BCUT2D eigenvalue weighted by atomic mass is 10.1. The number of pyridine rings is 2. The molecule has 0 spiro atoms. The Kier molecular flexibility index (Phi) is 3.46. The number of aromatic nitrogens is 7. The quantitative estimate of drug-likeness (QED) is 0.495. The molecule has 5 rings (SSSR count). The summed E-state index contributed by atoms with van der Waals surface area (Å²) in [5.74, 6) is 0. The number of imidazole rings is 2. The van der Waals surface area contributed by atoms with Crippen molar-refractivity contribution < 1.29 is 0 Å². The van der Waals surface area contributed by atoms with E-state index in [1.54, 1.807) is 6.20 Å². The summed E-state index contributed by atoms with van der Waals surface area (Å²) in [6.07, 6.45) is 7.42. The Labute approximate surface area is 155 Å². The fraction of sp³-hybridized carbons (Fsp3) is 0.150. The van der Waals surface area contributed by atoms with E-state index in [0.717, 1.165) is 45.9 Å². The van der Waals surface area contributed by atoms with Gasteiger partial charge in [0.25, 0.3) is 0 Å². The minimum absolute atomic E-state index is 0.679. The van der Waals surface area contributed by atoms with Crippen LogP contribution in [-0.4, -0.2) is 34.1 Å². The highest BCUT2D eigenvalue weighted by Crippen LogP contribution is 2.28. The Bertz CT molecular complexity index is 1280. The van der Waals surface area contributed by atoms with Crippen molar-refractivity contribution in [3.05, 3.63) is 60.9 Å². The molecular formula is C20H17N7. The van der Waals surface area contributed by atoms with Crippen LogP contribution in [-0.2, 0) is 6.54 Å². The molecule has 0 aromatic carbocycles. The van der Waals surface area contributed by atoms with Crippen molar-refractivity contribution in [2.45, 2.75) is 20.4 Å². The van der Waals surface area contributed by atoms with Gasteiger partial charge in [-0.25, -0.2) is 24.5 Å². The van der Waals surface area contributed by atoms with Crippen molar-refractivity contribution in [3.63, 3.8) is 0 Å². The molecule has 0 bridgehead atoms. The molecule has 132 valence electrons. The molecule has 7 heteroatoms. The number of rotatable bonds is 3. The number of hydrogen-bond donors (Lipinski definition) is 0. The van der Waals surface area contributed by atoms with Gasteiger partial charge in [-0.2, -0.15) is 5.10 Å². The number of aryl methyl sites for hydroxylation is 2. The summed E-state index contributed by atoms with van der Waals surface area (Å²) >= 11 is 0. The normalized spacial score (nSPS) is 11.5. The summed E-state index contributed by atoms with van der Waals surface area (Å²) in [5, 5.41) is 5.56. The number of fused-ring (bicyclic) bond motifs is 2. The SMILES string of the molecule is CCn1cnc(-c2ccc3c(-c4cnc5ccc(C)nn45)ccnc3n2)c1. The van der Waals surface area contributed by atoms with Gasteiger partial charge in [0.2, 0.25) is 0 Å². The lowest BCUT2D eigenvalue weighted by molar-refractivity contribution is 0.762. The molecule has 0 aliphatic heterocycles. The van der Waals surface area contributed by atoms with Gasteiger partial charge in [0.15, 0.2) is 11.3 Å². The summed E-state index contributed by atoms with van der Waals surface area (Å²) in [5.41, 5.74) is 6.01. The molecule has 0 saturated heterocycles. The first-order valence-electron chi connectivity index (χ1n) is 8.82. The summed E-state index contributed by atoms with van der Waals surface area (Å²) in [4.78, 5) is 18.1. The molecule has 0 aliphatic carbocycles. The van der Waals surface area contributed by atoms with Crippen LogP contribution in [0, 0.1) is 6.92 Å². The lowest BCUT2D eigenvalue weighted by Crippen LogP contribution is -1.97. The largest absolute Gasteiger partial charge is 0.337 e. The van der Waals surface area contributed by atoms with E-state index < -0.39 is 0 Å². The summed E-state index contributed by atoms with van der Waals surface area (Å²) in [7, 11) is 0. The monoisotopic (exact) mass is 355 g/mol. The Morgan fingerprint density at radius 2 is 1.89 bits per heavy atom. The second-order valence-electron chi connectivity index (χ2n) is 6.40. The molecule has 0 N–H and O–H groups in total. The van der Waals surface area contributed by atoms with Gasteiger partial charge < -0.3 is 4.57 Å². The van der Waals surface area contributed by atoms with E-state index >= 15 is 0 Å². The maximum absolute atomic E-state index is 4.72. The summed E-state index contributed by atoms with van der Waals surface area (Å²) in [6.45, 7) is 4.93. The molecular weight excluding hydrogens is 338 g/mol. The van der Waals surface area contributed by atoms with Crippen LogP contribution in [0.1, 0.15) is 12.6 Å². The second kappa shape index (κ2) is 5.98. The second-order valence-corrected chi connectivity index (χ2v) is 6.40. The molecule has 0 amide bonds. The van der Waals surface area contributed by atoms with Crippen LogP contribution in [0.15, 0.2) is 55.2 Å². The number of hydrogen-bond acceptors (Lipinski definition) is 5. The molecule has 5 heterocycles. The molecule has 0 fully saturated rings. The van der Waals surface area contributed by atoms with Crippen LogP contribution in [0.2, 0.25) is 0 Å². The first-order valence-corrected chi connectivity index (χ1v) is 8.82. The Hall–Kier alpha value is -3.61. The van der Waals surface area contributed by atoms with Gasteiger partial charge in [0.05, 0.1) is 29.6 Å². The van der Waals surface area contributed by atoms with Crippen molar-refractivity contribution in [1.29, 1.82) is 0 Å². The fourth-order valence-electron chi connectivity index (χ4n) is 3.21. The lowest BCUT2D eigenvalue weighted by Gasteiger charge is -2.06. The van der Waals surface area contributed by atoms with Crippen molar-refractivity contribution in [3.8, 4) is 22.6 Å². The minimum Gasteiger partial charge on any atom is -0.337 e. The van der Waals surface area contributed by atoms with Crippen LogP contribution in [0.4, 0.5) is 0 Å². The van der Waals surface area contributed by atoms with E-state index in [-0.39, 0.29) is 0 Å². The third-order valence-electron chi connectivity index (χ3n) is 4.64. The standard InChI is InChI=1S/C20H17N7/c1-3-26-11-17(23-12-26)16-6-5-15-14(8-9-21-20(15)24-16)18-10-22-19-7-4-13(2)25-27(18)19/h4-12H,3H2,1-2H3. The van der Waals surface area contributed by atoms with Gasteiger partial charge >= 0.3 is 0 Å². The predicted octanol–water partition coefficient (Wildman–Crippen LogP) is 3.53. The maximum Gasteiger partial charge on any atom is 0.160 e. The van der Waals surface area contributed by atoms with Crippen molar-refractivity contribution in [1.82, 2.24) is 34.1 Å². The molecule has 0 radical (unpaired) electrons. The molecule has 0 saturated carbocycles. The van der Waals surface area contributed by atoms with Gasteiger partial charge in [0.1, 0.15) is 5.69 Å². The smallest absolute Gasteiger partial charge is 0.160 e. The molecule has 0 atom stereocenters. The van der Waals surface area contributed by atoms with Gasteiger partial charge in [-0.05, 0) is 44.2 Å². The first-order chi connectivity index (χ1) is 13.2. The highest BCUT2D eigenvalue weighted by molar-refractivity contribution is 5.92. The zero-order valence-corrected chi connectivity index (χ0v) is 15.0. The molecule has 0 unspecified atom stereocenters. The average Bonchev–Trinajstić information content (AvgIpc) is 3.34. The van der Waals surface area contributed by atoms with Gasteiger partial charge in [-0.15, -0.1) is 0 Å². The summed E-state index contributed by atoms with van der Waals surface area (Å²) < 4.78 is 3.89. The van der Waals surface area contributed by atoms with Crippen LogP contribution in [0.25, 0.3) is 39.3 Å². The predicted molar refractivity (Wildman–Crippen MR) is 103 cm³/mol. The van der Waals surface area contributed by atoms with Crippen LogP contribution in [0.5, 0.6) is 0 Å². The van der Waals surface area contributed by atoms with E-state index in [1.165, 1.54) is 0 Å². The fourth-order valence-corrected chi connectivity index (χ4v) is 3.21. The van der Waals surface area contributed by atoms with Gasteiger partial charge in [-0.1, -0.05) is 0 Å². The minimum atomic E-state index is 0.679. The van der Waals surface area contributed by atoms with Gasteiger partial charge in [0, 0.05) is 29.9 Å². The van der Waals surface area contributed by atoms with Crippen molar-refractivity contribution >= 4 is 16.7 Å². The molecule has 7 nitrogen and oxygen atoms in total. The molecule has 5 aromatic rings.